The van der Waals surface area contributed by atoms with Crippen LogP contribution in [0.25, 0.3) is 5.82 Å². The zero-order chi connectivity index (χ0) is 15.7. The van der Waals surface area contributed by atoms with Gasteiger partial charge in [0.05, 0.1) is 10.7 Å². The number of anilines is 1. The highest BCUT2D eigenvalue weighted by Gasteiger charge is 2.16. The van der Waals surface area contributed by atoms with Crippen molar-refractivity contribution in [2.75, 3.05) is 5.32 Å². The minimum Gasteiger partial charge on any atom is -0.296 e. The molecule has 3 aromatic heterocycles. The monoisotopic (exact) mass is 333 g/mol. The Hall–Kier alpha value is -2.25. The predicted molar refractivity (Wildman–Crippen MR) is 85.9 cm³/mol. The van der Waals surface area contributed by atoms with E-state index in [1.165, 1.54) is 11.3 Å². The number of hydrogen-bond donors (Lipinski definition) is 1. The lowest BCUT2D eigenvalue weighted by Gasteiger charge is -2.07. The molecule has 0 aliphatic heterocycles. The number of rotatable bonds is 3. The Morgan fingerprint density at radius 2 is 2.18 bits per heavy atom. The fourth-order valence-corrected chi connectivity index (χ4v) is 2.73. The smallest absolute Gasteiger partial charge is 0.277 e. The van der Waals surface area contributed by atoms with Crippen LogP contribution in [0.1, 0.15) is 21.9 Å². The number of pyridine rings is 1. The molecule has 0 aromatic carbocycles. The van der Waals surface area contributed by atoms with Crippen LogP contribution in [0.15, 0.2) is 29.8 Å². The molecule has 1 amide bonds. The number of carbonyl (C=O) groups is 1. The molecule has 0 spiro atoms. The maximum Gasteiger partial charge on any atom is 0.277 e. The molecular weight excluding hydrogens is 322 g/mol. The van der Waals surface area contributed by atoms with Crippen molar-refractivity contribution in [1.82, 2.24) is 19.7 Å². The maximum absolute atomic E-state index is 12.3. The molecule has 3 rings (SSSR count). The first-order chi connectivity index (χ1) is 10.5. The van der Waals surface area contributed by atoms with Crippen LogP contribution in [-0.2, 0) is 0 Å². The molecule has 22 heavy (non-hydrogen) atoms. The highest BCUT2D eigenvalue weighted by molar-refractivity contribution is 7.13. The van der Waals surface area contributed by atoms with Crippen molar-refractivity contribution in [3.05, 3.63) is 51.9 Å². The van der Waals surface area contributed by atoms with Crippen LogP contribution >= 0.6 is 22.9 Å². The van der Waals surface area contributed by atoms with Crippen molar-refractivity contribution in [1.29, 1.82) is 0 Å². The minimum atomic E-state index is -0.400. The van der Waals surface area contributed by atoms with E-state index >= 15 is 0 Å². The number of hydrogen-bond acceptors (Lipinski definition) is 5. The van der Waals surface area contributed by atoms with Gasteiger partial charge in [0.2, 0.25) is 0 Å². The second-order valence-electron chi connectivity index (χ2n) is 4.63. The summed E-state index contributed by atoms with van der Waals surface area (Å²) in [7, 11) is 0. The van der Waals surface area contributed by atoms with E-state index in [1.54, 1.807) is 28.4 Å². The fourth-order valence-electron chi connectivity index (χ4n) is 2.01. The van der Waals surface area contributed by atoms with Crippen LogP contribution in [0.5, 0.6) is 0 Å². The Balaban J connectivity index is 1.96. The summed E-state index contributed by atoms with van der Waals surface area (Å²) < 4.78 is 1.67. The van der Waals surface area contributed by atoms with E-state index in [0.717, 1.165) is 11.4 Å². The molecule has 0 radical (unpaired) electrons. The van der Waals surface area contributed by atoms with Crippen LogP contribution < -0.4 is 5.32 Å². The Morgan fingerprint density at radius 3 is 2.82 bits per heavy atom. The molecule has 0 fully saturated rings. The molecule has 6 nitrogen and oxygen atoms in total. The lowest BCUT2D eigenvalue weighted by atomic mass is 10.3. The summed E-state index contributed by atoms with van der Waals surface area (Å²) in [4.78, 5) is 20.6. The lowest BCUT2D eigenvalue weighted by Crippen LogP contribution is -2.16. The quantitative estimate of drug-likeness (QED) is 0.798. The standard InChI is InChI=1S/C14H12ClN5OS/c1-8-7-9(2)20(19-8)11-4-3-10(15)12(17-11)13(21)18-14-16-5-6-22-14/h3-7H,1-2H3,(H,16,18,21). The highest BCUT2D eigenvalue weighted by Crippen LogP contribution is 2.19. The molecule has 0 aliphatic rings. The van der Waals surface area contributed by atoms with Crippen LogP contribution in [0, 0.1) is 13.8 Å². The molecule has 0 atom stereocenters. The zero-order valence-corrected chi connectivity index (χ0v) is 13.4. The van der Waals surface area contributed by atoms with Gasteiger partial charge in [-0.2, -0.15) is 5.10 Å². The molecule has 3 aromatic rings. The summed E-state index contributed by atoms with van der Waals surface area (Å²) in [5.74, 6) is 0.141. The van der Waals surface area contributed by atoms with Crippen molar-refractivity contribution in [3.63, 3.8) is 0 Å². The van der Waals surface area contributed by atoms with Gasteiger partial charge in [0, 0.05) is 17.3 Å². The van der Waals surface area contributed by atoms with Crippen LogP contribution in [-0.4, -0.2) is 25.7 Å². The van der Waals surface area contributed by atoms with Crippen LogP contribution in [0.2, 0.25) is 5.02 Å². The van der Waals surface area contributed by atoms with Gasteiger partial charge in [0.25, 0.3) is 5.91 Å². The SMILES string of the molecule is Cc1cc(C)n(-c2ccc(Cl)c(C(=O)Nc3nccs3)n2)n1. The Bertz CT molecular complexity index is 828. The molecule has 0 unspecified atom stereocenters. The first-order valence-electron chi connectivity index (χ1n) is 6.45. The van der Waals surface area contributed by atoms with Gasteiger partial charge >= 0.3 is 0 Å². The third-order valence-corrected chi connectivity index (χ3v) is 3.92. The van der Waals surface area contributed by atoms with Crippen molar-refractivity contribution >= 4 is 34.0 Å². The van der Waals surface area contributed by atoms with E-state index in [1.807, 2.05) is 19.9 Å². The van der Waals surface area contributed by atoms with Gasteiger partial charge in [-0.1, -0.05) is 11.6 Å². The van der Waals surface area contributed by atoms with Crippen LogP contribution in [0.3, 0.4) is 0 Å². The third kappa shape index (κ3) is 2.86. The maximum atomic E-state index is 12.3. The lowest BCUT2D eigenvalue weighted by molar-refractivity contribution is 0.102. The van der Waals surface area contributed by atoms with Crippen molar-refractivity contribution in [2.45, 2.75) is 13.8 Å². The summed E-state index contributed by atoms with van der Waals surface area (Å²) in [6, 6.07) is 5.30. The Kier molecular flexibility index (Phi) is 3.91. The number of aryl methyl sites for hydroxylation is 2. The van der Waals surface area contributed by atoms with Crippen molar-refractivity contribution < 1.29 is 4.79 Å². The van der Waals surface area contributed by atoms with E-state index in [9.17, 15) is 4.79 Å². The summed E-state index contributed by atoms with van der Waals surface area (Å²) in [5, 5.41) is 9.58. The van der Waals surface area contributed by atoms with E-state index in [4.69, 9.17) is 11.6 Å². The second-order valence-corrected chi connectivity index (χ2v) is 5.93. The molecule has 3 heterocycles. The molecular formula is C14H12ClN5OS. The largest absolute Gasteiger partial charge is 0.296 e. The fraction of sp³-hybridized carbons (Fsp3) is 0.143. The van der Waals surface area contributed by atoms with Gasteiger partial charge in [-0.05, 0) is 32.0 Å². The first kappa shape index (κ1) is 14.7. The molecule has 0 saturated heterocycles. The molecule has 0 saturated carbocycles. The minimum absolute atomic E-state index is 0.141. The van der Waals surface area contributed by atoms with Gasteiger partial charge in [0.1, 0.15) is 5.69 Å². The summed E-state index contributed by atoms with van der Waals surface area (Å²) >= 11 is 7.42. The normalized spacial score (nSPS) is 10.7. The number of aromatic nitrogens is 4. The number of amides is 1. The van der Waals surface area contributed by atoms with E-state index in [-0.39, 0.29) is 10.7 Å². The molecule has 1 N–H and O–H groups in total. The van der Waals surface area contributed by atoms with Crippen LogP contribution in [0.4, 0.5) is 5.13 Å². The molecule has 8 heteroatoms. The molecule has 112 valence electrons. The van der Waals surface area contributed by atoms with Gasteiger partial charge in [-0.3, -0.25) is 10.1 Å². The highest BCUT2D eigenvalue weighted by atomic mass is 35.5. The zero-order valence-electron chi connectivity index (χ0n) is 11.9. The third-order valence-electron chi connectivity index (χ3n) is 2.93. The summed E-state index contributed by atoms with van der Waals surface area (Å²) in [6.07, 6.45) is 1.61. The summed E-state index contributed by atoms with van der Waals surface area (Å²) in [5.41, 5.74) is 1.95. The Labute approximate surface area is 135 Å². The molecule has 0 aliphatic carbocycles. The number of nitrogens with one attached hydrogen (secondary N) is 1. The van der Waals surface area contributed by atoms with E-state index in [2.05, 4.69) is 20.4 Å². The predicted octanol–water partition coefficient (Wildman–Crippen LogP) is 3.25. The van der Waals surface area contributed by atoms with Gasteiger partial charge in [0.15, 0.2) is 10.9 Å². The van der Waals surface area contributed by atoms with Gasteiger partial charge in [-0.25, -0.2) is 14.6 Å². The van der Waals surface area contributed by atoms with E-state index in [0.29, 0.717) is 10.9 Å². The Morgan fingerprint density at radius 1 is 1.36 bits per heavy atom. The number of thiazole rings is 1. The average Bonchev–Trinajstić information content (AvgIpc) is 3.09. The first-order valence-corrected chi connectivity index (χ1v) is 7.71. The topological polar surface area (TPSA) is 72.7 Å². The average molecular weight is 334 g/mol. The molecule has 0 bridgehead atoms. The second kappa shape index (κ2) is 5.86. The number of halogens is 1. The van der Waals surface area contributed by atoms with Gasteiger partial charge < -0.3 is 0 Å². The van der Waals surface area contributed by atoms with E-state index < -0.39 is 5.91 Å². The van der Waals surface area contributed by atoms with Gasteiger partial charge in [-0.15, -0.1) is 11.3 Å². The van der Waals surface area contributed by atoms with Crippen molar-refractivity contribution in [3.8, 4) is 5.82 Å². The number of carbonyl (C=O) groups excluding carboxylic acids is 1. The van der Waals surface area contributed by atoms with Crippen molar-refractivity contribution in [2.24, 2.45) is 0 Å². The summed E-state index contributed by atoms with van der Waals surface area (Å²) in [6.45, 7) is 3.82. The number of nitrogens with zero attached hydrogens (tertiary/aromatic N) is 4.